The van der Waals surface area contributed by atoms with Crippen molar-refractivity contribution >= 4 is 0 Å². The van der Waals surface area contributed by atoms with Gasteiger partial charge in [-0.15, -0.1) is 0 Å². The minimum Gasteiger partial charge on any atom is -0.394 e. The van der Waals surface area contributed by atoms with Gasteiger partial charge in [0, 0.05) is 0 Å². The lowest BCUT2D eigenvalue weighted by atomic mass is 10.2. The van der Waals surface area contributed by atoms with Gasteiger partial charge in [0.1, 0.15) is 0 Å². The van der Waals surface area contributed by atoms with Crippen LogP contribution in [-0.2, 0) is 9.47 Å². The molecule has 2 N–H and O–H groups in total. The zero-order chi connectivity index (χ0) is 11.7. The van der Waals surface area contributed by atoms with Gasteiger partial charge in [-0.25, -0.2) is 0 Å². The van der Waals surface area contributed by atoms with Gasteiger partial charge in [-0.2, -0.15) is 0 Å². The van der Waals surface area contributed by atoms with Gasteiger partial charge < -0.3 is 19.7 Å². The summed E-state index contributed by atoms with van der Waals surface area (Å²) in [6, 6.07) is 0. The zero-order valence-corrected chi connectivity index (χ0v) is 9.98. The molecule has 3 atom stereocenters. The molecule has 0 aromatic rings. The Kier molecular flexibility index (Phi) is 9.00. The fraction of sp³-hybridized carbons (Fsp3) is 1.00. The summed E-state index contributed by atoms with van der Waals surface area (Å²) in [7, 11) is 0. The molecule has 15 heavy (non-hydrogen) atoms. The smallest absolute Gasteiger partial charge is 0.0785 e. The Morgan fingerprint density at radius 1 is 1.13 bits per heavy atom. The van der Waals surface area contributed by atoms with Crippen LogP contribution in [0.3, 0.4) is 0 Å². The molecule has 0 saturated heterocycles. The summed E-state index contributed by atoms with van der Waals surface area (Å²) >= 11 is 0. The van der Waals surface area contributed by atoms with Crippen LogP contribution in [0.1, 0.15) is 33.6 Å². The van der Waals surface area contributed by atoms with Crippen LogP contribution in [0.25, 0.3) is 0 Å². The first-order valence-electron chi connectivity index (χ1n) is 5.62. The van der Waals surface area contributed by atoms with E-state index in [2.05, 4.69) is 0 Å². The number of aliphatic hydroxyl groups excluding tert-OH is 2. The van der Waals surface area contributed by atoms with Crippen molar-refractivity contribution in [3.8, 4) is 0 Å². The summed E-state index contributed by atoms with van der Waals surface area (Å²) in [6.45, 7) is 6.54. The quantitative estimate of drug-likeness (QED) is 0.607. The van der Waals surface area contributed by atoms with Gasteiger partial charge >= 0.3 is 0 Å². The second kappa shape index (κ2) is 9.09. The van der Waals surface area contributed by atoms with Gasteiger partial charge in [0.2, 0.25) is 0 Å². The van der Waals surface area contributed by atoms with Crippen molar-refractivity contribution < 1.29 is 19.7 Å². The first-order chi connectivity index (χ1) is 7.10. The van der Waals surface area contributed by atoms with Crippen LogP contribution in [0.4, 0.5) is 0 Å². The average molecular weight is 220 g/mol. The Labute approximate surface area is 92.2 Å². The van der Waals surface area contributed by atoms with Crippen molar-refractivity contribution in [2.45, 2.75) is 51.9 Å². The maximum absolute atomic E-state index is 9.38. The number of ether oxygens (including phenoxy) is 2. The molecule has 3 unspecified atom stereocenters. The predicted octanol–water partition coefficient (Wildman–Crippen LogP) is 0.950. The number of hydrogen-bond acceptors (Lipinski definition) is 4. The molecule has 0 heterocycles. The van der Waals surface area contributed by atoms with E-state index in [0.29, 0.717) is 13.2 Å². The summed E-state index contributed by atoms with van der Waals surface area (Å²) in [4.78, 5) is 0. The largest absolute Gasteiger partial charge is 0.394 e. The topological polar surface area (TPSA) is 58.9 Å². The minimum absolute atomic E-state index is 0.0167. The van der Waals surface area contributed by atoms with Gasteiger partial charge in [0.15, 0.2) is 0 Å². The Hall–Kier alpha value is -0.160. The van der Waals surface area contributed by atoms with Crippen LogP contribution in [0.2, 0.25) is 0 Å². The van der Waals surface area contributed by atoms with Gasteiger partial charge in [-0.3, -0.25) is 0 Å². The lowest BCUT2D eigenvalue weighted by Gasteiger charge is -2.18. The Balaban J connectivity index is 3.41. The van der Waals surface area contributed by atoms with Gasteiger partial charge in [-0.05, 0) is 20.3 Å². The molecule has 0 radical (unpaired) electrons. The van der Waals surface area contributed by atoms with Crippen molar-refractivity contribution in [1.82, 2.24) is 0 Å². The molecular weight excluding hydrogens is 196 g/mol. The molecule has 0 aliphatic heterocycles. The number of hydrogen-bond donors (Lipinski definition) is 2. The molecule has 0 aromatic carbocycles. The fourth-order valence-electron chi connectivity index (χ4n) is 1.27. The van der Waals surface area contributed by atoms with E-state index < -0.39 is 0 Å². The van der Waals surface area contributed by atoms with Crippen LogP contribution in [0.5, 0.6) is 0 Å². The van der Waals surface area contributed by atoms with Crippen LogP contribution in [0.15, 0.2) is 0 Å². The van der Waals surface area contributed by atoms with E-state index in [4.69, 9.17) is 14.6 Å². The molecular formula is C11H24O4. The molecule has 0 bridgehead atoms. The maximum atomic E-state index is 9.38. The third-order valence-corrected chi connectivity index (χ3v) is 2.01. The highest BCUT2D eigenvalue weighted by atomic mass is 16.5. The van der Waals surface area contributed by atoms with Crippen LogP contribution < -0.4 is 0 Å². The van der Waals surface area contributed by atoms with Crippen molar-refractivity contribution in [3.63, 3.8) is 0 Å². The minimum atomic E-state index is -0.377. The van der Waals surface area contributed by atoms with E-state index in [1.807, 2.05) is 20.8 Å². The summed E-state index contributed by atoms with van der Waals surface area (Å²) in [5.41, 5.74) is 0. The third kappa shape index (κ3) is 8.81. The SMILES string of the molecule is CCCC(O)COCC(C)OC(C)CO. The van der Waals surface area contributed by atoms with Crippen molar-refractivity contribution in [1.29, 1.82) is 0 Å². The van der Waals surface area contributed by atoms with Gasteiger partial charge in [0.25, 0.3) is 0 Å². The fourth-order valence-corrected chi connectivity index (χ4v) is 1.27. The highest BCUT2D eigenvalue weighted by Crippen LogP contribution is 2.01. The molecule has 0 spiro atoms. The van der Waals surface area contributed by atoms with Gasteiger partial charge in [0.05, 0.1) is 38.1 Å². The van der Waals surface area contributed by atoms with Gasteiger partial charge in [-0.1, -0.05) is 13.3 Å². The molecule has 4 heteroatoms. The van der Waals surface area contributed by atoms with E-state index in [1.54, 1.807) is 0 Å². The number of aliphatic hydroxyl groups is 2. The van der Waals surface area contributed by atoms with Crippen molar-refractivity contribution in [2.24, 2.45) is 0 Å². The van der Waals surface area contributed by atoms with E-state index in [0.717, 1.165) is 12.8 Å². The van der Waals surface area contributed by atoms with Crippen LogP contribution in [-0.4, -0.2) is 48.3 Å². The zero-order valence-electron chi connectivity index (χ0n) is 9.98. The summed E-state index contributed by atoms with van der Waals surface area (Å²) in [5, 5.41) is 18.1. The molecule has 92 valence electrons. The molecule has 0 amide bonds. The highest BCUT2D eigenvalue weighted by molar-refractivity contribution is 4.55. The molecule has 0 saturated carbocycles. The van der Waals surface area contributed by atoms with Crippen molar-refractivity contribution in [2.75, 3.05) is 19.8 Å². The Morgan fingerprint density at radius 2 is 1.80 bits per heavy atom. The van der Waals surface area contributed by atoms with E-state index in [-0.39, 0.29) is 24.9 Å². The third-order valence-electron chi connectivity index (χ3n) is 2.01. The first kappa shape index (κ1) is 14.8. The van der Waals surface area contributed by atoms with Crippen LogP contribution in [0, 0.1) is 0 Å². The van der Waals surface area contributed by atoms with Crippen LogP contribution >= 0.6 is 0 Å². The maximum Gasteiger partial charge on any atom is 0.0785 e. The Morgan fingerprint density at radius 3 is 2.33 bits per heavy atom. The lowest BCUT2D eigenvalue weighted by molar-refractivity contribution is -0.0699. The molecule has 4 nitrogen and oxygen atoms in total. The monoisotopic (exact) mass is 220 g/mol. The second-order valence-electron chi connectivity index (χ2n) is 3.92. The average Bonchev–Trinajstić information content (AvgIpc) is 2.18. The van der Waals surface area contributed by atoms with Crippen molar-refractivity contribution in [3.05, 3.63) is 0 Å². The predicted molar refractivity (Wildman–Crippen MR) is 58.8 cm³/mol. The Bertz CT molecular complexity index is 141. The highest BCUT2D eigenvalue weighted by Gasteiger charge is 2.09. The standard InChI is InChI=1S/C11H24O4/c1-4-5-11(13)8-14-7-10(3)15-9(2)6-12/h9-13H,4-8H2,1-3H3. The molecule has 0 rings (SSSR count). The normalized spacial score (nSPS) is 17.4. The van der Waals surface area contributed by atoms with E-state index >= 15 is 0 Å². The summed E-state index contributed by atoms with van der Waals surface area (Å²) < 4.78 is 10.7. The number of rotatable bonds is 9. The molecule has 0 fully saturated rings. The second-order valence-corrected chi connectivity index (χ2v) is 3.92. The lowest BCUT2D eigenvalue weighted by Crippen LogP contribution is -2.26. The molecule has 0 aliphatic rings. The molecule has 0 aliphatic carbocycles. The van der Waals surface area contributed by atoms with E-state index in [9.17, 15) is 5.11 Å². The summed E-state index contributed by atoms with van der Waals surface area (Å²) in [6.07, 6.45) is 1.13. The molecule has 0 aromatic heterocycles. The van der Waals surface area contributed by atoms with E-state index in [1.165, 1.54) is 0 Å². The first-order valence-corrected chi connectivity index (χ1v) is 5.62. The summed E-state index contributed by atoms with van der Waals surface area (Å²) in [5.74, 6) is 0.